The fourth-order valence-corrected chi connectivity index (χ4v) is 2.62. The van der Waals surface area contributed by atoms with Crippen molar-refractivity contribution in [2.24, 2.45) is 0 Å². The molecule has 1 unspecified atom stereocenters. The van der Waals surface area contributed by atoms with E-state index in [1.807, 2.05) is 13.8 Å². The summed E-state index contributed by atoms with van der Waals surface area (Å²) in [5, 5.41) is 15.3. The molecule has 1 heterocycles. The van der Waals surface area contributed by atoms with Crippen LogP contribution in [0.4, 0.5) is 0 Å². The summed E-state index contributed by atoms with van der Waals surface area (Å²) >= 11 is 1.37. The highest BCUT2D eigenvalue weighted by Gasteiger charge is 2.20. The summed E-state index contributed by atoms with van der Waals surface area (Å²) in [5.41, 5.74) is 1.76. The van der Waals surface area contributed by atoms with E-state index in [-0.39, 0.29) is 24.9 Å². The van der Waals surface area contributed by atoms with Crippen molar-refractivity contribution in [2.75, 3.05) is 19.0 Å². The van der Waals surface area contributed by atoms with Gasteiger partial charge in [-0.25, -0.2) is 4.79 Å². The number of carbonyl (C=O) groups excluding carboxylic acids is 1. The van der Waals surface area contributed by atoms with Crippen LogP contribution >= 0.6 is 11.8 Å². The third-order valence-corrected chi connectivity index (χ3v) is 3.77. The third-order valence-electron chi connectivity index (χ3n) is 2.81. The second-order valence-corrected chi connectivity index (χ2v) is 5.57. The fraction of sp³-hybridized carbons (Fsp3) is 0.500. The Bertz CT molecular complexity index is 510. The second-order valence-electron chi connectivity index (χ2n) is 4.58. The van der Waals surface area contributed by atoms with Crippen molar-refractivity contribution in [3.05, 3.63) is 29.7 Å². The summed E-state index contributed by atoms with van der Waals surface area (Å²) in [5.74, 6) is -0.0275. The SMILES string of the molecule is C=CCOCC(NC(=O)CSCc1c(C)noc1C)C(=O)O. The number of carbonyl (C=O) groups is 2. The number of carboxylic acids is 1. The molecule has 8 heteroatoms. The van der Waals surface area contributed by atoms with E-state index in [9.17, 15) is 9.59 Å². The molecule has 122 valence electrons. The molecule has 1 aromatic rings. The van der Waals surface area contributed by atoms with Crippen molar-refractivity contribution in [1.29, 1.82) is 0 Å². The van der Waals surface area contributed by atoms with Crippen LogP contribution in [0.1, 0.15) is 17.0 Å². The Morgan fingerprint density at radius 1 is 1.55 bits per heavy atom. The van der Waals surface area contributed by atoms with E-state index < -0.39 is 12.0 Å². The number of aryl methyl sites for hydroxylation is 2. The molecule has 1 amide bonds. The van der Waals surface area contributed by atoms with Crippen molar-refractivity contribution in [3.8, 4) is 0 Å². The lowest BCUT2D eigenvalue weighted by Crippen LogP contribution is -2.44. The molecular weight excluding hydrogens is 308 g/mol. The number of carboxylic acid groups (broad SMARTS) is 1. The Balaban J connectivity index is 2.37. The van der Waals surface area contributed by atoms with Gasteiger partial charge in [-0.15, -0.1) is 18.3 Å². The predicted octanol–water partition coefficient (Wildman–Crippen LogP) is 1.30. The molecule has 0 aliphatic carbocycles. The van der Waals surface area contributed by atoms with E-state index in [4.69, 9.17) is 14.4 Å². The highest BCUT2D eigenvalue weighted by atomic mass is 32.2. The molecule has 7 nitrogen and oxygen atoms in total. The normalized spacial score (nSPS) is 11.9. The van der Waals surface area contributed by atoms with Gasteiger partial charge in [0, 0.05) is 11.3 Å². The number of hydrogen-bond acceptors (Lipinski definition) is 6. The standard InChI is InChI=1S/C14H20N2O5S/c1-4-5-20-6-12(14(18)19)15-13(17)8-22-7-11-9(2)16-21-10(11)3/h4,12H,1,5-8H2,2-3H3,(H,15,17)(H,18,19). The van der Waals surface area contributed by atoms with E-state index >= 15 is 0 Å². The molecule has 1 rings (SSSR count). The molecule has 0 saturated carbocycles. The molecule has 0 aliphatic heterocycles. The van der Waals surface area contributed by atoms with E-state index in [2.05, 4.69) is 17.1 Å². The van der Waals surface area contributed by atoms with Gasteiger partial charge < -0.3 is 19.7 Å². The minimum atomic E-state index is -1.13. The first-order valence-corrected chi connectivity index (χ1v) is 7.81. The van der Waals surface area contributed by atoms with Crippen LogP contribution in [-0.4, -0.2) is 47.1 Å². The average molecular weight is 328 g/mol. The summed E-state index contributed by atoms with van der Waals surface area (Å²) < 4.78 is 10.1. The van der Waals surface area contributed by atoms with Gasteiger partial charge in [0.1, 0.15) is 5.76 Å². The third kappa shape index (κ3) is 5.90. The summed E-state index contributed by atoms with van der Waals surface area (Å²) in [6.45, 7) is 7.26. The topological polar surface area (TPSA) is 102 Å². The van der Waals surface area contributed by atoms with Gasteiger partial charge in [0.2, 0.25) is 5.91 Å². The Hall–Kier alpha value is -1.80. The lowest BCUT2D eigenvalue weighted by atomic mass is 10.2. The van der Waals surface area contributed by atoms with Crippen LogP contribution in [0.3, 0.4) is 0 Å². The molecule has 0 radical (unpaired) electrons. The first-order chi connectivity index (χ1) is 10.5. The zero-order chi connectivity index (χ0) is 16.5. The molecule has 0 bridgehead atoms. The Kier molecular flexibility index (Phi) is 7.69. The molecule has 1 aromatic heterocycles. The maximum absolute atomic E-state index is 11.8. The Labute approximate surface area is 133 Å². The number of nitrogens with zero attached hydrogens (tertiary/aromatic N) is 1. The van der Waals surface area contributed by atoms with Crippen LogP contribution in [0, 0.1) is 13.8 Å². The molecule has 22 heavy (non-hydrogen) atoms. The number of nitrogens with one attached hydrogen (secondary N) is 1. The van der Waals surface area contributed by atoms with E-state index in [1.54, 1.807) is 0 Å². The van der Waals surface area contributed by atoms with Crippen LogP contribution in [0.2, 0.25) is 0 Å². The van der Waals surface area contributed by atoms with Crippen LogP contribution in [0.5, 0.6) is 0 Å². The van der Waals surface area contributed by atoms with E-state index in [0.717, 1.165) is 17.0 Å². The van der Waals surface area contributed by atoms with E-state index in [1.165, 1.54) is 17.8 Å². The summed E-state index contributed by atoms with van der Waals surface area (Å²) in [6.07, 6.45) is 1.51. The minimum absolute atomic E-state index is 0.0956. The smallest absolute Gasteiger partial charge is 0.328 e. The van der Waals surface area contributed by atoms with Gasteiger partial charge in [-0.3, -0.25) is 4.79 Å². The zero-order valence-corrected chi connectivity index (χ0v) is 13.4. The molecule has 0 spiro atoms. The number of thioether (sulfide) groups is 1. The number of ether oxygens (including phenoxy) is 1. The van der Waals surface area contributed by atoms with Gasteiger partial charge in [-0.2, -0.15) is 0 Å². The highest BCUT2D eigenvalue weighted by molar-refractivity contribution is 7.99. The zero-order valence-electron chi connectivity index (χ0n) is 12.6. The first-order valence-electron chi connectivity index (χ1n) is 6.66. The van der Waals surface area contributed by atoms with Crippen molar-refractivity contribution >= 4 is 23.6 Å². The van der Waals surface area contributed by atoms with Gasteiger partial charge in [-0.05, 0) is 13.8 Å². The Morgan fingerprint density at radius 3 is 2.82 bits per heavy atom. The van der Waals surface area contributed by atoms with Crippen LogP contribution in [0.15, 0.2) is 17.2 Å². The summed E-state index contributed by atoms with van der Waals surface area (Å²) in [7, 11) is 0. The van der Waals surface area contributed by atoms with Crippen molar-refractivity contribution in [3.63, 3.8) is 0 Å². The number of aromatic nitrogens is 1. The quantitative estimate of drug-likeness (QED) is 0.493. The van der Waals surface area contributed by atoms with Crippen molar-refractivity contribution < 1.29 is 24.0 Å². The summed E-state index contributed by atoms with van der Waals surface area (Å²) in [4.78, 5) is 22.8. The van der Waals surface area contributed by atoms with Gasteiger partial charge in [0.15, 0.2) is 6.04 Å². The number of rotatable bonds is 10. The maximum Gasteiger partial charge on any atom is 0.328 e. The Morgan fingerprint density at radius 2 is 2.27 bits per heavy atom. The number of aliphatic carboxylic acids is 1. The molecular formula is C14H20N2O5S. The lowest BCUT2D eigenvalue weighted by molar-refractivity contribution is -0.143. The molecule has 1 atom stereocenters. The monoisotopic (exact) mass is 328 g/mol. The second kappa shape index (κ2) is 9.26. The van der Waals surface area contributed by atoms with Crippen molar-refractivity contribution in [2.45, 2.75) is 25.6 Å². The van der Waals surface area contributed by atoms with Gasteiger partial charge in [-0.1, -0.05) is 11.2 Å². The molecule has 2 N–H and O–H groups in total. The maximum atomic E-state index is 11.8. The molecule has 0 saturated heterocycles. The average Bonchev–Trinajstić information content (AvgIpc) is 2.78. The van der Waals surface area contributed by atoms with Gasteiger partial charge in [0.05, 0.1) is 24.7 Å². The fourth-order valence-electron chi connectivity index (χ4n) is 1.63. The number of hydrogen-bond donors (Lipinski definition) is 2. The predicted molar refractivity (Wildman–Crippen MR) is 82.7 cm³/mol. The van der Waals surface area contributed by atoms with Gasteiger partial charge >= 0.3 is 5.97 Å². The first kappa shape index (κ1) is 18.2. The minimum Gasteiger partial charge on any atom is -0.480 e. The van der Waals surface area contributed by atoms with Crippen LogP contribution in [0.25, 0.3) is 0 Å². The number of amides is 1. The van der Waals surface area contributed by atoms with E-state index in [0.29, 0.717) is 5.75 Å². The summed E-state index contributed by atoms with van der Waals surface area (Å²) in [6, 6.07) is -1.06. The highest BCUT2D eigenvalue weighted by Crippen LogP contribution is 2.19. The molecule has 0 aliphatic rings. The molecule has 0 fully saturated rings. The van der Waals surface area contributed by atoms with Gasteiger partial charge in [0.25, 0.3) is 0 Å². The lowest BCUT2D eigenvalue weighted by Gasteiger charge is -2.14. The van der Waals surface area contributed by atoms with Crippen molar-refractivity contribution in [1.82, 2.24) is 10.5 Å². The van der Waals surface area contributed by atoms with Crippen LogP contribution in [-0.2, 0) is 20.1 Å². The largest absolute Gasteiger partial charge is 0.480 e. The molecule has 0 aromatic carbocycles. The van der Waals surface area contributed by atoms with Crippen LogP contribution < -0.4 is 5.32 Å².